The van der Waals surface area contributed by atoms with Crippen LogP contribution in [0.2, 0.25) is 10.0 Å². The summed E-state index contributed by atoms with van der Waals surface area (Å²) in [5.74, 6) is 0.440. The zero-order valence-electron chi connectivity index (χ0n) is 14.3. The summed E-state index contributed by atoms with van der Waals surface area (Å²) in [6, 6.07) is 11.9. The number of rotatable bonds is 8. The summed E-state index contributed by atoms with van der Waals surface area (Å²) in [5, 5.41) is 15.0. The van der Waals surface area contributed by atoms with Gasteiger partial charge in [-0.05, 0) is 43.2 Å². The van der Waals surface area contributed by atoms with Crippen molar-refractivity contribution >= 4 is 34.8 Å². The third-order valence-electron chi connectivity index (χ3n) is 3.57. The van der Waals surface area contributed by atoms with E-state index in [0.29, 0.717) is 46.5 Å². The van der Waals surface area contributed by atoms with Crippen LogP contribution in [0.4, 0.5) is 0 Å². The zero-order chi connectivity index (χ0) is 18.9. The van der Waals surface area contributed by atoms with E-state index >= 15 is 0 Å². The number of carbonyl (C=O) groups excluding carboxylic acids is 1. The van der Waals surface area contributed by atoms with E-state index in [9.17, 15) is 9.90 Å². The van der Waals surface area contributed by atoms with Crippen LogP contribution >= 0.6 is 23.2 Å². The quantitative estimate of drug-likeness (QED) is 0.384. The van der Waals surface area contributed by atoms with E-state index in [1.54, 1.807) is 42.5 Å². The summed E-state index contributed by atoms with van der Waals surface area (Å²) >= 11 is 11.8. The van der Waals surface area contributed by atoms with Gasteiger partial charge in [-0.3, -0.25) is 4.79 Å². The van der Waals surface area contributed by atoms with Crippen LogP contribution in [-0.2, 0) is 4.79 Å². The number of carbonyl (C=O) groups is 1. The normalized spacial score (nSPS) is 11.3. The minimum absolute atomic E-state index is 0.135. The van der Waals surface area contributed by atoms with Gasteiger partial charge in [0.1, 0.15) is 11.5 Å². The third-order valence-corrected chi connectivity index (χ3v) is 4.10. The summed E-state index contributed by atoms with van der Waals surface area (Å²) in [6.45, 7) is 2.25. The molecule has 0 aromatic heterocycles. The van der Waals surface area contributed by atoms with Crippen molar-refractivity contribution in [1.82, 2.24) is 5.43 Å². The molecule has 0 unspecified atom stereocenters. The van der Waals surface area contributed by atoms with Crippen molar-refractivity contribution in [3.63, 3.8) is 0 Å². The highest BCUT2D eigenvalue weighted by molar-refractivity contribution is 6.35. The molecule has 26 heavy (non-hydrogen) atoms. The number of phenols is 1. The van der Waals surface area contributed by atoms with Gasteiger partial charge >= 0.3 is 0 Å². The Morgan fingerprint density at radius 2 is 2.00 bits per heavy atom. The molecule has 0 aliphatic rings. The van der Waals surface area contributed by atoms with Crippen molar-refractivity contribution < 1.29 is 14.6 Å². The fourth-order valence-electron chi connectivity index (χ4n) is 2.24. The fraction of sp³-hybridized carbons (Fsp3) is 0.263. The Morgan fingerprint density at radius 3 is 2.69 bits per heavy atom. The zero-order valence-corrected chi connectivity index (χ0v) is 15.8. The standard InChI is InChI=1S/C19H20Cl2N2O3/c1-2-16(14-6-3-4-7-17(14)24)22-23-19(25)8-5-11-26-18-10-9-13(20)12-15(18)21/h3-4,6-7,9-10,12,24H,2,5,8,11H2,1H3,(H,23,25). The monoisotopic (exact) mass is 394 g/mol. The molecule has 0 saturated carbocycles. The largest absolute Gasteiger partial charge is 0.507 e. The van der Waals surface area contributed by atoms with E-state index < -0.39 is 0 Å². The Morgan fingerprint density at radius 1 is 1.23 bits per heavy atom. The summed E-state index contributed by atoms with van der Waals surface area (Å²) in [7, 11) is 0. The van der Waals surface area contributed by atoms with Crippen molar-refractivity contribution in [3.8, 4) is 11.5 Å². The van der Waals surface area contributed by atoms with Crippen LogP contribution in [-0.4, -0.2) is 23.3 Å². The molecule has 5 nitrogen and oxygen atoms in total. The lowest BCUT2D eigenvalue weighted by Crippen LogP contribution is -2.20. The second-order valence-corrected chi connectivity index (χ2v) is 6.33. The number of benzene rings is 2. The number of hydrogen-bond donors (Lipinski definition) is 2. The first-order chi connectivity index (χ1) is 12.5. The van der Waals surface area contributed by atoms with E-state index in [0.717, 1.165) is 0 Å². The maximum atomic E-state index is 11.9. The molecule has 0 saturated heterocycles. The number of amides is 1. The Bertz CT molecular complexity index is 794. The van der Waals surface area contributed by atoms with Gasteiger partial charge in [0.25, 0.3) is 0 Å². The van der Waals surface area contributed by atoms with E-state index in [4.69, 9.17) is 27.9 Å². The first-order valence-corrected chi connectivity index (χ1v) is 8.98. The average Bonchev–Trinajstić information content (AvgIpc) is 2.62. The molecule has 138 valence electrons. The number of nitrogens with one attached hydrogen (secondary N) is 1. The molecule has 2 aromatic carbocycles. The Balaban J connectivity index is 1.80. The summed E-state index contributed by atoms with van der Waals surface area (Å²) in [4.78, 5) is 11.9. The van der Waals surface area contributed by atoms with Crippen molar-refractivity contribution in [2.45, 2.75) is 26.2 Å². The maximum Gasteiger partial charge on any atom is 0.240 e. The topological polar surface area (TPSA) is 70.9 Å². The maximum absolute atomic E-state index is 11.9. The van der Waals surface area contributed by atoms with Gasteiger partial charge in [-0.1, -0.05) is 42.3 Å². The lowest BCUT2D eigenvalue weighted by Gasteiger charge is -2.09. The molecule has 0 aliphatic carbocycles. The fourth-order valence-corrected chi connectivity index (χ4v) is 2.70. The van der Waals surface area contributed by atoms with Gasteiger partial charge in [-0.15, -0.1) is 0 Å². The van der Waals surface area contributed by atoms with Crippen molar-refractivity contribution in [1.29, 1.82) is 0 Å². The molecule has 2 N–H and O–H groups in total. The van der Waals surface area contributed by atoms with Crippen LogP contribution in [0.25, 0.3) is 0 Å². The summed E-state index contributed by atoms with van der Waals surface area (Å²) < 4.78 is 5.53. The molecule has 2 rings (SSSR count). The number of hydrogen-bond acceptors (Lipinski definition) is 4. The van der Waals surface area contributed by atoms with Crippen LogP contribution in [0, 0.1) is 0 Å². The van der Waals surface area contributed by atoms with Crippen molar-refractivity contribution in [3.05, 3.63) is 58.1 Å². The molecule has 2 aromatic rings. The second kappa shape index (κ2) is 10.0. The predicted octanol–water partition coefficient (Wildman–Crippen LogP) is 4.79. The summed E-state index contributed by atoms with van der Waals surface area (Å²) in [6.07, 6.45) is 1.35. The van der Waals surface area contributed by atoms with E-state index in [2.05, 4.69) is 10.5 Å². The highest BCUT2D eigenvalue weighted by Crippen LogP contribution is 2.27. The Kier molecular flexibility index (Phi) is 7.75. The molecule has 0 aliphatic heterocycles. The average molecular weight is 395 g/mol. The first-order valence-electron chi connectivity index (χ1n) is 8.23. The second-order valence-electron chi connectivity index (χ2n) is 5.49. The Labute approximate surface area is 162 Å². The number of para-hydroxylation sites is 1. The highest BCUT2D eigenvalue weighted by atomic mass is 35.5. The minimum Gasteiger partial charge on any atom is -0.507 e. The number of hydrazone groups is 1. The number of ether oxygens (including phenoxy) is 1. The molecule has 0 radical (unpaired) electrons. The number of phenolic OH excluding ortho intramolecular Hbond substituents is 1. The van der Waals surface area contributed by atoms with Crippen LogP contribution in [0.3, 0.4) is 0 Å². The van der Waals surface area contributed by atoms with Gasteiger partial charge in [0, 0.05) is 17.0 Å². The molecule has 0 fully saturated rings. The van der Waals surface area contributed by atoms with Gasteiger partial charge in [-0.25, -0.2) is 5.43 Å². The Hall–Kier alpha value is -2.24. The predicted molar refractivity (Wildman–Crippen MR) is 104 cm³/mol. The lowest BCUT2D eigenvalue weighted by atomic mass is 10.1. The molecule has 0 spiro atoms. The van der Waals surface area contributed by atoms with Crippen molar-refractivity contribution in [2.24, 2.45) is 5.10 Å². The van der Waals surface area contributed by atoms with E-state index in [1.165, 1.54) is 0 Å². The van der Waals surface area contributed by atoms with Gasteiger partial charge in [0.2, 0.25) is 5.91 Å². The van der Waals surface area contributed by atoms with Crippen LogP contribution < -0.4 is 10.2 Å². The van der Waals surface area contributed by atoms with Gasteiger partial charge in [0.15, 0.2) is 0 Å². The first kappa shape index (κ1) is 20.1. The number of halogens is 2. The molecule has 7 heteroatoms. The van der Waals surface area contributed by atoms with Crippen molar-refractivity contribution in [2.75, 3.05) is 6.61 Å². The SMILES string of the molecule is CCC(=NNC(=O)CCCOc1ccc(Cl)cc1Cl)c1ccccc1O. The van der Waals surface area contributed by atoms with Gasteiger partial charge < -0.3 is 9.84 Å². The molecule has 1 amide bonds. The number of aromatic hydroxyl groups is 1. The van der Waals surface area contributed by atoms with Crippen LogP contribution in [0.5, 0.6) is 11.5 Å². The smallest absolute Gasteiger partial charge is 0.240 e. The van der Waals surface area contributed by atoms with Crippen LogP contribution in [0.1, 0.15) is 31.7 Å². The van der Waals surface area contributed by atoms with Gasteiger partial charge in [-0.2, -0.15) is 5.10 Å². The highest BCUT2D eigenvalue weighted by Gasteiger charge is 2.08. The molecule has 0 bridgehead atoms. The molecule has 0 heterocycles. The lowest BCUT2D eigenvalue weighted by molar-refractivity contribution is -0.121. The molecule has 0 atom stereocenters. The van der Waals surface area contributed by atoms with Gasteiger partial charge in [0.05, 0.1) is 17.3 Å². The van der Waals surface area contributed by atoms with Crippen LogP contribution in [0.15, 0.2) is 47.6 Å². The van der Waals surface area contributed by atoms with E-state index in [-0.39, 0.29) is 18.1 Å². The number of nitrogens with zero attached hydrogens (tertiary/aromatic N) is 1. The molecular formula is C19H20Cl2N2O3. The van der Waals surface area contributed by atoms with E-state index in [1.807, 2.05) is 6.92 Å². The summed E-state index contributed by atoms with van der Waals surface area (Å²) in [5.41, 5.74) is 3.73. The molecular weight excluding hydrogens is 375 g/mol. The third kappa shape index (κ3) is 5.93. The minimum atomic E-state index is -0.225.